The lowest BCUT2D eigenvalue weighted by atomic mass is 10.1. The first-order valence-electron chi connectivity index (χ1n) is 7.16. The summed E-state index contributed by atoms with van der Waals surface area (Å²) in [6.45, 7) is 2.35. The maximum atomic E-state index is 11.7. The van der Waals surface area contributed by atoms with Crippen molar-refractivity contribution in [3.8, 4) is 0 Å². The van der Waals surface area contributed by atoms with Gasteiger partial charge in [0.2, 0.25) is 0 Å². The van der Waals surface area contributed by atoms with Crippen LogP contribution in [0.1, 0.15) is 5.56 Å². The summed E-state index contributed by atoms with van der Waals surface area (Å²) < 4.78 is 3.93. The predicted octanol–water partition coefficient (Wildman–Crippen LogP) is 2.22. The number of hydrogen-bond donors (Lipinski definition) is 1. The monoisotopic (exact) mass is 281 g/mol. The lowest BCUT2D eigenvalue weighted by molar-refractivity contribution is 0.577. The van der Waals surface area contributed by atoms with E-state index in [9.17, 15) is 4.79 Å². The fourth-order valence-corrected chi connectivity index (χ4v) is 2.62. The molecule has 0 amide bonds. The Bertz CT molecular complexity index is 801. The maximum Gasteiger partial charge on any atom is 0.250 e. The molecule has 3 aromatic rings. The molecule has 1 N–H and O–H groups in total. The van der Waals surface area contributed by atoms with Gasteiger partial charge in [-0.1, -0.05) is 12.1 Å². The first kappa shape index (κ1) is 13.6. The summed E-state index contributed by atoms with van der Waals surface area (Å²) in [4.78, 5) is 11.7. The van der Waals surface area contributed by atoms with Gasteiger partial charge in [-0.05, 0) is 42.3 Å². The molecule has 0 aliphatic carbocycles. The zero-order valence-corrected chi connectivity index (χ0v) is 12.1. The topological polar surface area (TPSA) is 39.0 Å². The van der Waals surface area contributed by atoms with E-state index in [-0.39, 0.29) is 5.56 Å². The van der Waals surface area contributed by atoms with Gasteiger partial charge in [0.15, 0.2) is 0 Å². The van der Waals surface area contributed by atoms with Crippen LogP contribution in [0.15, 0.2) is 59.7 Å². The average molecular weight is 281 g/mol. The van der Waals surface area contributed by atoms with Crippen LogP contribution in [0.3, 0.4) is 0 Å². The number of nitrogens with one attached hydrogen (secondary N) is 1. The molecular formula is C17H19N3O. The molecule has 0 spiro atoms. The number of aromatic nitrogens is 2. The van der Waals surface area contributed by atoms with E-state index in [1.165, 1.54) is 16.5 Å². The number of hydrogen-bond acceptors (Lipinski definition) is 2. The fraction of sp³-hybridized carbons (Fsp3) is 0.235. The maximum absolute atomic E-state index is 11.7. The number of benzene rings is 1. The third-order valence-corrected chi connectivity index (χ3v) is 3.70. The van der Waals surface area contributed by atoms with E-state index < -0.39 is 0 Å². The van der Waals surface area contributed by atoms with Crippen LogP contribution < -0.4 is 10.9 Å². The van der Waals surface area contributed by atoms with Crippen molar-refractivity contribution in [1.29, 1.82) is 0 Å². The van der Waals surface area contributed by atoms with E-state index in [0.29, 0.717) is 6.54 Å². The van der Waals surface area contributed by atoms with Gasteiger partial charge in [-0.2, -0.15) is 0 Å². The smallest absolute Gasteiger partial charge is 0.250 e. The van der Waals surface area contributed by atoms with Gasteiger partial charge >= 0.3 is 0 Å². The van der Waals surface area contributed by atoms with Crippen LogP contribution in [-0.4, -0.2) is 16.2 Å². The number of aryl methyl sites for hydroxylation is 2. The molecule has 4 heteroatoms. The number of fused-ring (bicyclic) bond motifs is 1. The zero-order valence-electron chi connectivity index (χ0n) is 12.1. The van der Waals surface area contributed by atoms with Crippen molar-refractivity contribution in [2.75, 3.05) is 7.05 Å². The molecule has 108 valence electrons. The molecule has 2 heterocycles. The highest BCUT2D eigenvalue weighted by Crippen LogP contribution is 2.17. The van der Waals surface area contributed by atoms with Crippen molar-refractivity contribution in [2.24, 2.45) is 0 Å². The molecule has 0 atom stereocenters. The summed E-state index contributed by atoms with van der Waals surface area (Å²) in [5.74, 6) is 0. The molecule has 0 aliphatic heterocycles. The molecule has 1 aromatic carbocycles. The molecular weight excluding hydrogens is 262 g/mol. The Kier molecular flexibility index (Phi) is 3.88. The Labute approximate surface area is 123 Å². The highest BCUT2D eigenvalue weighted by Gasteiger charge is 2.03. The molecule has 0 unspecified atom stereocenters. The summed E-state index contributed by atoms with van der Waals surface area (Å²) in [7, 11) is 1.95. The quantitative estimate of drug-likeness (QED) is 0.779. The van der Waals surface area contributed by atoms with Gasteiger partial charge in [-0.25, -0.2) is 0 Å². The van der Waals surface area contributed by atoms with E-state index in [2.05, 4.69) is 40.3 Å². The minimum Gasteiger partial charge on any atom is -0.346 e. The predicted molar refractivity (Wildman–Crippen MR) is 85.4 cm³/mol. The zero-order chi connectivity index (χ0) is 14.7. The summed E-state index contributed by atoms with van der Waals surface area (Å²) in [5.41, 5.74) is 2.53. The Morgan fingerprint density at radius 3 is 2.67 bits per heavy atom. The standard InChI is InChI=1S/C17H19N3O/c1-18-13-14-5-6-16-15(12-14)7-9-19(16)10-11-20-8-3-2-4-17(20)21/h2-9,12,18H,10-11,13H2,1H3. The van der Waals surface area contributed by atoms with Crippen LogP contribution in [0, 0.1) is 0 Å². The first-order valence-corrected chi connectivity index (χ1v) is 7.16. The Morgan fingerprint density at radius 1 is 1.00 bits per heavy atom. The van der Waals surface area contributed by atoms with Crippen LogP contribution in [0.25, 0.3) is 10.9 Å². The van der Waals surface area contributed by atoms with Crippen molar-refractivity contribution in [3.63, 3.8) is 0 Å². The lowest BCUT2D eigenvalue weighted by Gasteiger charge is -2.08. The van der Waals surface area contributed by atoms with Gasteiger partial charge in [0, 0.05) is 43.6 Å². The largest absolute Gasteiger partial charge is 0.346 e. The Hall–Kier alpha value is -2.33. The summed E-state index contributed by atoms with van der Waals surface area (Å²) in [6.07, 6.45) is 3.92. The van der Waals surface area contributed by atoms with Gasteiger partial charge in [0.25, 0.3) is 5.56 Å². The number of nitrogens with zero attached hydrogens (tertiary/aromatic N) is 2. The van der Waals surface area contributed by atoms with Crippen LogP contribution in [0.5, 0.6) is 0 Å². The van der Waals surface area contributed by atoms with Gasteiger partial charge in [0.1, 0.15) is 0 Å². The van der Waals surface area contributed by atoms with Crippen molar-refractivity contribution in [3.05, 3.63) is 70.8 Å². The van der Waals surface area contributed by atoms with E-state index in [0.717, 1.165) is 13.1 Å². The second-order valence-electron chi connectivity index (χ2n) is 5.16. The van der Waals surface area contributed by atoms with Crippen LogP contribution in [0.2, 0.25) is 0 Å². The lowest BCUT2D eigenvalue weighted by Crippen LogP contribution is -2.20. The van der Waals surface area contributed by atoms with Crippen LogP contribution >= 0.6 is 0 Å². The van der Waals surface area contributed by atoms with Crippen molar-refractivity contribution >= 4 is 10.9 Å². The number of rotatable bonds is 5. The number of pyridine rings is 1. The van der Waals surface area contributed by atoms with Crippen LogP contribution in [0.4, 0.5) is 0 Å². The third-order valence-electron chi connectivity index (χ3n) is 3.70. The van der Waals surface area contributed by atoms with Gasteiger partial charge in [-0.15, -0.1) is 0 Å². The highest BCUT2D eigenvalue weighted by molar-refractivity contribution is 5.80. The molecule has 0 radical (unpaired) electrons. The molecule has 0 bridgehead atoms. The molecule has 4 nitrogen and oxygen atoms in total. The van der Waals surface area contributed by atoms with Gasteiger partial charge < -0.3 is 14.5 Å². The molecule has 0 saturated heterocycles. The molecule has 3 rings (SSSR count). The summed E-state index contributed by atoms with van der Waals surface area (Å²) in [5, 5.41) is 4.40. The van der Waals surface area contributed by atoms with Crippen LogP contribution in [-0.2, 0) is 19.6 Å². The van der Waals surface area contributed by atoms with Crippen molar-refractivity contribution in [1.82, 2.24) is 14.5 Å². The molecule has 0 saturated carbocycles. The summed E-state index contributed by atoms with van der Waals surface area (Å²) in [6, 6.07) is 13.9. The average Bonchev–Trinajstić information content (AvgIpc) is 2.89. The first-order chi connectivity index (χ1) is 10.3. The SMILES string of the molecule is CNCc1ccc2c(ccn2CCn2ccccc2=O)c1. The van der Waals surface area contributed by atoms with E-state index in [4.69, 9.17) is 0 Å². The Balaban J connectivity index is 1.81. The minimum absolute atomic E-state index is 0.0465. The molecule has 21 heavy (non-hydrogen) atoms. The molecule has 2 aromatic heterocycles. The van der Waals surface area contributed by atoms with Crippen molar-refractivity contribution in [2.45, 2.75) is 19.6 Å². The molecule has 0 aliphatic rings. The van der Waals surface area contributed by atoms with Gasteiger partial charge in [-0.3, -0.25) is 4.79 Å². The second kappa shape index (κ2) is 5.97. The van der Waals surface area contributed by atoms with E-state index >= 15 is 0 Å². The third kappa shape index (κ3) is 2.90. The normalized spacial score (nSPS) is 11.1. The highest BCUT2D eigenvalue weighted by atomic mass is 16.1. The summed E-state index contributed by atoms with van der Waals surface area (Å²) >= 11 is 0. The van der Waals surface area contributed by atoms with E-state index in [1.54, 1.807) is 16.7 Å². The molecule has 0 fully saturated rings. The second-order valence-corrected chi connectivity index (χ2v) is 5.16. The van der Waals surface area contributed by atoms with Gasteiger partial charge in [0.05, 0.1) is 0 Å². The fourth-order valence-electron chi connectivity index (χ4n) is 2.62. The minimum atomic E-state index is 0.0465. The Morgan fingerprint density at radius 2 is 1.86 bits per heavy atom. The van der Waals surface area contributed by atoms with Crippen molar-refractivity contribution < 1.29 is 0 Å². The van der Waals surface area contributed by atoms with E-state index in [1.807, 2.05) is 19.3 Å².